The van der Waals surface area contributed by atoms with Gasteiger partial charge in [-0.3, -0.25) is 4.79 Å². The molecule has 0 aliphatic heterocycles. The smallest absolute Gasteiger partial charge is 0.315 e. The van der Waals surface area contributed by atoms with Crippen molar-refractivity contribution in [1.82, 2.24) is 15.8 Å². The van der Waals surface area contributed by atoms with Crippen molar-refractivity contribution in [3.63, 3.8) is 0 Å². The summed E-state index contributed by atoms with van der Waals surface area (Å²) in [5, 5.41) is 17.8. The summed E-state index contributed by atoms with van der Waals surface area (Å²) >= 11 is 0. The van der Waals surface area contributed by atoms with Gasteiger partial charge in [-0.2, -0.15) is 0 Å². The first-order valence-electron chi connectivity index (χ1n) is 6.19. The van der Waals surface area contributed by atoms with E-state index in [2.05, 4.69) is 15.8 Å². The van der Waals surface area contributed by atoms with E-state index in [0.29, 0.717) is 17.9 Å². The fourth-order valence-electron chi connectivity index (χ4n) is 1.61. The summed E-state index contributed by atoms with van der Waals surface area (Å²) in [4.78, 5) is 22.4. The molecule has 19 heavy (non-hydrogen) atoms. The van der Waals surface area contributed by atoms with E-state index >= 15 is 0 Å². The summed E-state index contributed by atoms with van der Waals surface area (Å²) in [6, 6.07) is 1.31. The average Bonchev–Trinajstić information content (AvgIpc) is 2.77. The predicted octanol–water partition coefficient (Wildman–Crippen LogP) is 1.28. The third kappa shape index (κ3) is 5.41. The number of urea groups is 1. The predicted molar refractivity (Wildman–Crippen MR) is 67.5 cm³/mol. The first-order chi connectivity index (χ1) is 9.02. The van der Waals surface area contributed by atoms with E-state index < -0.39 is 17.9 Å². The van der Waals surface area contributed by atoms with Crippen LogP contribution in [0.15, 0.2) is 10.6 Å². The monoisotopic (exact) mass is 269 g/mol. The molecule has 106 valence electrons. The SMILES string of the molecule is CCCC(CNC(=O)NCc1cc(C)on1)C(=O)O. The summed E-state index contributed by atoms with van der Waals surface area (Å²) in [5.74, 6) is -0.773. The molecule has 0 spiro atoms. The van der Waals surface area contributed by atoms with E-state index in [1.54, 1.807) is 13.0 Å². The molecule has 7 heteroatoms. The van der Waals surface area contributed by atoms with Crippen molar-refractivity contribution in [3.05, 3.63) is 17.5 Å². The third-order valence-electron chi connectivity index (χ3n) is 2.60. The van der Waals surface area contributed by atoms with E-state index in [9.17, 15) is 9.59 Å². The van der Waals surface area contributed by atoms with Crippen LogP contribution < -0.4 is 10.6 Å². The molecule has 1 heterocycles. The van der Waals surface area contributed by atoms with Crippen molar-refractivity contribution in [1.29, 1.82) is 0 Å². The van der Waals surface area contributed by atoms with Crippen LogP contribution in [0, 0.1) is 12.8 Å². The Balaban J connectivity index is 2.28. The van der Waals surface area contributed by atoms with Crippen molar-refractivity contribution in [2.75, 3.05) is 6.54 Å². The number of rotatable bonds is 7. The molecular weight excluding hydrogens is 250 g/mol. The maximum absolute atomic E-state index is 11.5. The van der Waals surface area contributed by atoms with Crippen LogP contribution in [-0.4, -0.2) is 28.8 Å². The Morgan fingerprint density at radius 3 is 2.74 bits per heavy atom. The minimum absolute atomic E-state index is 0.118. The van der Waals surface area contributed by atoms with Crippen LogP contribution in [0.5, 0.6) is 0 Å². The van der Waals surface area contributed by atoms with E-state index in [0.717, 1.165) is 6.42 Å². The Kier molecular flexibility index (Phi) is 5.84. The molecule has 7 nitrogen and oxygen atoms in total. The minimum Gasteiger partial charge on any atom is -0.481 e. The van der Waals surface area contributed by atoms with Crippen molar-refractivity contribution in [3.8, 4) is 0 Å². The molecule has 1 atom stereocenters. The van der Waals surface area contributed by atoms with Crippen molar-refractivity contribution >= 4 is 12.0 Å². The maximum atomic E-state index is 11.5. The second-order valence-corrected chi connectivity index (χ2v) is 4.32. The number of nitrogens with one attached hydrogen (secondary N) is 2. The Labute approximate surface area is 111 Å². The van der Waals surface area contributed by atoms with Crippen LogP contribution in [0.1, 0.15) is 31.2 Å². The fourth-order valence-corrected chi connectivity index (χ4v) is 1.61. The summed E-state index contributed by atoms with van der Waals surface area (Å²) in [5.41, 5.74) is 0.621. The van der Waals surface area contributed by atoms with Gasteiger partial charge in [0.1, 0.15) is 11.5 Å². The molecular formula is C12H19N3O4. The van der Waals surface area contributed by atoms with Crippen molar-refractivity contribution in [2.24, 2.45) is 5.92 Å². The van der Waals surface area contributed by atoms with Gasteiger partial charge in [0.25, 0.3) is 0 Å². The molecule has 2 amide bonds. The van der Waals surface area contributed by atoms with Crippen LogP contribution in [0.2, 0.25) is 0 Å². The number of aromatic nitrogens is 1. The van der Waals surface area contributed by atoms with Gasteiger partial charge in [0.15, 0.2) is 0 Å². The quantitative estimate of drug-likeness (QED) is 0.691. The molecule has 1 unspecified atom stereocenters. The number of hydrogen-bond acceptors (Lipinski definition) is 4. The zero-order valence-corrected chi connectivity index (χ0v) is 11.1. The lowest BCUT2D eigenvalue weighted by Gasteiger charge is -2.12. The Bertz CT molecular complexity index is 430. The number of aryl methyl sites for hydroxylation is 1. The van der Waals surface area contributed by atoms with Crippen LogP contribution in [0.4, 0.5) is 4.79 Å². The van der Waals surface area contributed by atoms with Gasteiger partial charge in [-0.25, -0.2) is 4.79 Å². The van der Waals surface area contributed by atoms with Crippen LogP contribution in [0.25, 0.3) is 0 Å². The van der Waals surface area contributed by atoms with Gasteiger partial charge in [0, 0.05) is 12.6 Å². The first-order valence-corrected chi connectivity index (χ1v) is 6.19. The van der Waals surface area contributed by atoms with E-state index in [1.807, 2.05) is 6.92 Å². The van der Waals surface area contributed by atoms with Crippen LogP contribution in [-0.2, 0) is 11.3 Å². The molecule has 0 aliphatic carbocycles. The number of hydrogen-bond donors (Lipinski definition) is 3. The number of aliphatic carboxylic acids is 1. The average molecular weight is 269 g/mol. The summed E-state index contributed by atoms with van der Waals surface area (Å²) in [6.45, 7) is 4.03. The standard InChI is InChI=1S/C12H19N3O4/c1-3-4-9(11(16)17)6-13-12(18)14-7-10-5-8(2)19-15-10/h5,9H,3-4,6-7H2,1-2H3,(H,16,17)(H2,13,14,18). The molecule has 0 saturated heterocycles. The number of carbonyl (C=O) groups excluding carboxylic acids is 1. The minimum atomic E-state index is -0.894. The Hall–Kier alpha value is -2.05. The lowest BCUT2D eigenvalue weighted by Crippen LogP contribution is -2.39. The molecule has 0 saturated carbocycles. The van der Waals surface area contributed by atoms with Crippen LogP contribution in [0.3, 0.4) is 0 Å². The largest absolute Gasteiger partial charge is 0.481 e. The molecule has 1 aromatic heterocycles. The Morgan fingerprint density at radius 1 is 1.47 bits per heavy atom. The lowest BCUT2D eigenvalue weighted by molar-refractivity contribution is -0.141. The molecule has 1 rings (SSSR count). The summed E-state index contributed by atoms with van der Waals surface area (Å²) in [7, 11) is 0. The molecule has 0 fully saturated rings. The van der Waals surface area contributed by atoms with Gasteiger partial charge in [0.05, 0.1) is 12.5 Å². The van der Waals surface area contributed by atoms with Gasteiger partial charge in [-0.15, -0.1) is 0 Å². The number of carbonyl (C=O) groups is 2. The normalized spacial score (nSPS) is 11.9. The zero-order chi connectivity index (χ0) is 14.3. The highest BCUT2D eigenvalue weighted by Crippen LogP contribution is 2.05. The molecule has 0 bridgehead atoms. The molecule has 0 radical (unpaired) electrons. The number of carboxylic acids is 1. The highest BCUT2D eigenvalue weighted by molar-refractivity contribution is 5.75. The van der Waals surface area contributed by atoms with Crippen molar-refractivity contribution < 1.29 is 19.2 Å². The zero-order valence-electron chi connectivity index (χ0n) is 11.1. The van der Waals surface area contributed by atoms with Gasteiger partial charge in [-0.05, 0) is 13.3 Å². The second-order valence-electron chi connectivity index (χ2n) is 4.32. The number of nitrogens with zero attached hydrogens (tertiary/aromatic N) is 1. The molecule has 0 aliphatic rings. The first kappa shape index (κ1) is 15.0. The van der Waals surface area contributed by atoms with E-state index in [4.69, 9.17) is 9.63 Å². The summed E-state index contributed by atoms with van der Waals surface area (Å²) in [6.07, 6.45) is 1.30. The highest BCUT2D eigenvalue weighted by atomic mass is 16.5. The number of amides is 2. The maximum Gasteiger partial charge on any atom is 0.315 e. The molecule has 0 aromatic carbocycles. The van der Waals surface area contributed by atoms with Gasteiger partial charge >= 0.3 is 12.0 Å². The van der Waals surface area contributed by atoms with Gasteiger partial charge < -0.3 is 20.3 Å². The highest BCUT2D eigenvalue weighted by Gasteiger charge is 2.17. The fraction of sp³-hybridized carbons (Fsp3) is 0.583. The summed E-state index contributed by atoms with van der Waals surface area (Å²) < 4.78 is 4.86. The topological polar surface area (TPSA) is 104 Å². The van der Waals surface area contributed by atoms with E-state index in [-0.39, 0.29) is 13.1 Å². The lowest BCUT2D eigenvalue weighted by atomic mass is 10.0. The Morgan fingerprint density at radius 2 is 2.21 bits per heavy atom. The number of carboxylic acid groups (broad SMARTS) is 1. The van der Waals surface area contributed by atoms with Crippen molar-refractivity contribution in [2.45, 2.75) is 33.2 Å². The van der Waals surface area contributed by atoms with E-state index in [1.165, 1.54) is 0 Å². The second kappa shape index (κ2) is 7.40. The molecule has 3 N–H and O–H groups in total. The van der Waals surface area contributed by atoms with Gasteiger partial charge in [-0.1, -0.05) is 18.5 Å². The third-order valence-corrected chi connectivity index (χ3v) is 2.60. The molecule has 1 aromatic rings. The van der Waals surface area contributed by atoms with Gasteiger partial charge in [0.2, 0.25) is 0 Å². The van der Waals surface area contributed by atoms with Crippen LogP contribution >= 0.6 is 0 Å².